The van der Waals surface area contributed by atoms with Gasteiger partial charge in [-0.2, -0.15) is 8.75 Å². The van der Waals surface area contributed by atoms with Crippen molar-refractivity contribution >= 4 is 40.9 Å². The molecular weight excluding hydrogens is 350 g/mol. The van der Waals surface area contributed by atoms with Gasteiger partial charge in [-0.15, -0.1) is 0 Å². The molecule has 1 fully saturated rings. The van der Waals surface area contributed by atoms with Crippen LogP contribution in [0.1, 0.15) is 12.8 Å². The van der Waals surface area contributed by atoms with Crippen molar-refractivity contribution in [3.8, 4) is 5.75 Å². The zero-order valence-corrected chi connectivity index (χ0v) is 14.7. The number of piperidine rings is 1. The Morgan fingerprint density at radius 1 is 1.42 bits per heavy atom. The van der Waals surface area contributed by atoms with E-state index in [4.69, 9.17) is 16.3 Å². The molecular formula is C15H18ClN5O2S. The maximum atomic E-state index is 12.2. The number of ether oxygens (including phenoxy) is 1. The summed E-state index contributed by atoms with van der Waals surface area (Å²) in [4.78, 5) is 14.4. The number of hydrogen-bond donors (Lipinski definition) is 2. The van der Waals surface area contributed by atoms with Gasteiger partial charge in [-0.1, -0.05) is 11.6 Å². The van der Waals surface area contributed by atoms with Crippen LogP contribution in [0.25, 0.3) is 0 Å². The van der Waals surface area contributed by atoms with E-state index >= 15 is 0 Å². The van der Waals surface area contributed by atoms with Crippen molar-refractivity contribution in [2.24, 2.45) is 0 Å². The number of nitrogens with one attached hydrogen (secondary N) is 2. The number of carbonyl (C=O) groups excluding carboxylic acids is 1. The molecule has 1 aliphatic rings. The predicted octanol–water partition coefficient (Wildman–Crippen LogP) is 2.99. The Morgan fingerprint density at radius 3 is 2.88 bits per heavy atom. The summed E-state index contributed by atoms with van der Waals surface area (Å²) < 4.78 is 13.5. The maximum absolute atomic E-state index is 12.2. The van der Waals surface area contributed by atoms with Crippen molar-refractivity contribution in [3.63, 3.8) is 0 Å². The molecule has 0 aliphatic carbocycles. The molecule has 1 aromatic carbocycles. The molecule has 1 saturated heterocycles. The Kier molecular flexibility index (Phi) is 5.37. The summed E-state index contributed by atoms with van der Waals surface area (Å²) in [5.74, 6) is 1.48. The Balaban J connectivity index is 1.52. The third kappa shape index (κ3) is 4.07. The first-order valence-corrected chi connectivity index (χ1v) is 8.70. The molecule has 24 heavy (non-hydrogen) atoms. The van der Waals surface area contributed by atoms with Gasteiger partial charge in [-0.3, -0.25) is 0 Å². The van der Waals surface area contributed by atoms with Gasteiger partial charge in [0.15, 0.2) is 5.82 Å². The number of methoxy groups -OCH3 is 1. The number of aromatic nitrogens is 2. The summed E-state index contributed by atoms with van der Waals surface area (Å²) in [7, 11) is 1.55. The van der Waals surface area contributed by atoms with Crippen molar-refractivity contribution in [3.05, 3.63) is 29.4 Å². The van der Waals surface area contributed by atoms with Crippen LogP contribution in [0.2, 0.25) is 5.02 Å². The van der Waals surface area contributed by atoms with E-state index < -0.39 is 0 Å². The van der Waals surface area contributed by atoms with Crippen molar-refractivity contribution in [1.29, 1.82) is 0 Å². The number of carbonyl (C=O) groups is 1. The van der Waals surface area contributed by atoms with Crippen LogP contribution in [0.3, 0.4) is 0 Å². The van der Waals surface area contributed by atoms with Crippen LogP contribution in [0.15, 0.2) is 24.4 Å². The summed E-state index contributed by atoms with van der Waals surface area (Å²) in [6, 6.07) is 4.96. The fraction of sp³-hybridized carbons (Fsp3) is 0.400. The van der Waals surface area contributed by atoms with Crippen LogP contribution in [0, 0.1) is 0 Å². The number of rotatable bonds is 4. The van der Waals surface area contributed by atoms with Crippen LogP contribution in [0.4, 0.5) is 16.3 Å². The number of amides is 2. The minimum Gasteiger partial charge on any atom is -0.495 e. The third-order valence-corrected chi connectivity index (χ3v) is 4.62. The minimum absolute atomic E-state index is 0.123. The molecule has 0 atom stereocenters. The molecule has 0 bridgehead atoms. The molecule has 0 unspecified atom stereocenters. The van der Waals surface area contributed by atoms with Gasteiger partial charge in [-0.05, 0) is 31.0 Å². The fourth-order valence-electron chi connectivity index (χ4n) is 2.67. The first-order valence-electron chi connectivity index (χ1n) is 7.59. The van der Waals surface area contributed by atoms with Gasteiger partial charge in [0.1, 0.15) is 5.75 Å². The number of halogens is 1. The highest BCUT2D eigenvalue weighted by molar-refractivity contribution is 6.99. The monoisotopic (exact) mass is 367 g/mol. The fourth-order valence-corrected chi connectivity index (χ4v) is 3.28. The average molecular weight is 368 g/mol. The summed E-state index contributed by atoms with van der Waals surface area (Å²) >= 11 is 7.18. The van der Waals surface area contributed by atoms with Gasteiger partial charge in [0, 0.05) is 24.2 Å². The van der Waals surface area contributed by atoms with Crippen molar-refractivity contribution < 1.29 is 9.53 Å². The molecule has 2 heterocycles. The lowest BCUT2D eigenvalue weighted by Gasteiger charge is -2.32. The standard InChI is InChI=1S/C15H18ClN5O2S/c1-23-13-3-2-10(16)8-12(13)19-15(22)18-11-4-6-21(7-5-11)14-9-17-24-20-14/h2-3,8-9,11H,4-7H2,1H3,(H2,18,19,22). The Labute approximate surface area is 149 Å². The van der Waals surface area contributed by atoms with E-state index in [1.807, 2.05) is 0 Å². The largest absolute Gasteiger partial charge is 0.495 e. The Morgan fingerprint density at radius 2 is 2.21 bits per heavy atom. The topological polar surface area (TPSA) is 79.4 Å². The second kappa shape index (κ2) is 7.67. The summed E-state index contributed by atoms with van der Waals surface area (Å²) in [6.45, 7) is 1.69. The van der Waals surface area contributed by atoms with Gasteiger partial charge in [0.25, 0.3) is 0 Å². The average Bonchev–Trinajstić information content (AvgIpc) is 3.10. The number of hydrogen-bond acceptors (Lipinski definition) is 6. The third-order valence-electron chi connectivity index (χ3n) is 3.91. The Hall–Kier alpha value is -2.06. The van der Waals surface area contributed by atoms with E-state index in [1.54, 1.807) is 31.5 Å². The number of nitrogens with zero attached hydrogens (tertiary/aromatic N) is 3. The lowest BCUT2D eigenvalue weighted by molar-refractivity contribution is 0.246. The van der Waals surface area contributed by atoms with Crippen LogP contribution in [0.5, 0.6) is 5.75 Å². The molecule has 3 rings (SSSR count). The second-order valence-corrected chi connectivity index (χ2v) is 6.46. The summed E-state index contributed by atoms with van der Waals surface area (Å²) in [5.41, 5.74) is 0.550. The molecule has 9 heteroatoms. The summed E-state index contributed by atoms with van der Waals surface area (Å²) in [5, 5.41) is 6.33. The van der Waals surface area contributed by atoms with Crippen molar-refractivity contribution in [2.45, 2.75) is 18.9 Å². The highest BCUT2D eigenvalue weighted by Crippen LogP contribution is 2.27. The van der Waals surface area contributed by atoms with E-state index in [0.29, 0.717) is 16.5 Å². The summed E-state index contributed by atoms with van der Waals surface area (Å²) in [6.07, 6.45) is 3.49. The SMILES string of the molecule is COc1ccc(Cl)cc1NC(=O)NC1CCN(c2cnsn2)CC1. The normalized spacial score (nSPS) is 15.2. The van der Waals surface area contributed by atoms with Crippen molar-refractivity contribution in [1.82, 2.24) is 14.1 Å². The number of urea groups is 1. The Bertz CT molecular complexity index is 689. The van der Waals surface area contributed by atoms with E-state index in [1.165, 1.54) is 11.7 Å². The highest BCUT2D eigenvalue weighted by Gasteiger charge is 2.22. The molecule has 1 aliphatic heterocycles. The smallest absolute Gasteiger partial charge is 0.319 e. The van der Waals surface area contributed by atoms with Crippen molar-refractivity contribution in [2.75, 3.05) is 30.4 Å². The number of anilines is 2. The molecule has 2 aromatic rings. The predicted molar refractivity (Wildman–Crippen MR) is 95.3 cm³/mol. The van der Waals surface area contributed by atoms with Gasteiger partial charge < -0.3 is 20.3 Å². The van der Waals surface area contributed by atoms with E-state index in [-0.39, 0.29) is 12.1 Å². The molecule has 1 aromatic heterocycles. The van der Waals surface area contributed by atoms with Crippen LogP contribution >= 0.6 is 23.3 Å². The molecule has 128 valence electrons. The molecule has 0 saturated carbocycles. The van der Waals surface area contributed by atoms with Gasteiger partial charge in [0.05, 0.1) is 30.7 Å². The van der Waals surface area contributed by atoms with E-state index in [2.05, 4.69) is 24.3 Å². The molecule has 0 radical (unpaired) electrons. The molecule has 0 spiro atoms. The van der Waals surface area contributed by atoms with Crippen LogP contribution in [-0.2, 0) is 0 Å². The van der Waals surface area contributed by atoms with E-state index in [0.717, 1.165) is 31.7 Å². The van der Waals surface area contributed by atoms with E-state index in [9.17, 15) is 4.79 Å². The second-order valence-electron chi connectivity index (χ2n) is 5.47. The van der Waals surface area contributed by atoms with Gasteiger partial charge >= 0.3 is 6.03 Å². The highest BCUT2D eigenvalue weighted by atomic mass is 35.5. The lowest BCUT2D eigenvalue weighted by atomic mass is 10.1. The minimum atomic E-state index is -0.260. The van der Waals surface area contributed by atoms with Crippen LogP contribution in [-0.4, -0.2) is 41.0 Å². The molecule has 2 N–H and O–H groups in total. The molecule has 7 nitrogen and oxygen atoms in total. The number of benzene rings is 1. The van der Waals surface area contributed by atoms with Gasteiger partial charge in [-0.25, -0.2) is 4.79 Å². The lowest BCUT2D eigenvalue weighted by Crippen LogP contribution is -2.46. The zero-order chi connectivity index (χ0) is 16.9. The van der Waals surface area contributed by atoms with Crippen LogP contribution < -0.4 is 20.3 Å². The van der Waals surface area contributed by atoms with Gasteiger partial charge in [0.2, 0.25) is 0 Å². The maximum Gasteiger partial charge on any atom is 0.319 e. The quantitative estimate of drug-likeness (QED) is 0.868. The first-order chi connectivity index (χ1) is 11.7. The first kappa shape index (κ1) is 16.8. The zero-order valence-electron chi connectivity index (χ0n) is 13.2. The molecule has 2 amide bonds.